The molecule has 1 rings (SSSR count). The van der Waals surface area contributed by atoms with Crippen molar-refractivity contribution in [2.24, 2.45) is 11.8 Å². The van der Waals surface area contributed by atoms with Crippen LogP contribution in [-0.4, -0.2) is 23.8 Å². The molecule has 2 heteroatoms. The first-order valence-electron chi connectivity index (χ1n) is 6.48. The highest BCUT2D eigenvalue weighted by molar-refractivity contribution is 4.81. The van der Waals surface area contributed by atoms with Crippen LogP contribution in [0.2, 0.25) is 0 Å². The highest BCUT2D eigenvalue weighted by atomic mass is 16.2. The summed E-state index contributed by atoms with van der Waals surface area (Å²) in [7, 11) is 0. The predicted octanol–water partition coefficient (Wildman–Crippen LogP) is 2.56. The van der Waals surface area contributed by atoms with Gasteiger partial charge in [-0.3, -0.25) is 0 Å². The van der Waals surface area contributed by atoms with Gasteiger partial charge in [0, 0.05) is 18.7 Å². The number of aliphatic hydroxyl groups excluding tert-OH is 1. The highest BCUT2D eigenvalue weighted by Gasteiger charge is 2.24. The average Bonchev–Trinajstić information content (AvgIpc) is 2.13. The third-order valence-corrected chi connectivity index (χ3v) is 3.49. The van der Waals surface area contributed by atoms with E-state index in [9.17, 15) is 0 Å². The summed E-state index contributed by atoms with van der Waals surface area (Å²) in [6.07, 6.45) is 6.06. The van der Waals surface area contributed by atoms with Crippen molar-refractivity contribution in [1.82, 2.24) is 5.32 Å². The van der Waals surface area contributed by atoms with Gasteiger partial charge in [0.05, 0.1) is 0 Å². The summed E-state index contributed by atoms with van der Waals surface area (Å²) in [4.78, 5) is 0. The Morgan fingerprint density at radius 3 is 2.33 bits per heavy atom. The molecule has 15 heavy (non-hydrogen) atoms. The summed E-state index contributed by atoms with van der Waals surface area (Å²) in [5.74, 6) is 1.74. The topological polar surface area (TPSA) is 32.3 Å². The molecule has 90 valence electrons. The van der Waals surface area contributed by atoms with Gasteiger partial charge in [0.25, 0.3) is 0 Å². The molecule has 2 nitrogen and oxygen atoms in total. The van der Waals surface area contributed by atoms with Crippen molar-refractivity contribution in [1.29, 1.82) is 0 Å². The van der Waals surface area contributed by atoms with E-state index in [1.54, 1.807) is 0 Å². The number of hydrogen-bond acceptors (Lipinski definition) is 2. The Hall–Kier alpha value is -0.0800. The maximum atomic E-state index is 8.78. The maximum Gasteiger partial charge on any atom is 0.0431 e. The van der Waals surface area contributed by atoms with Crippen molar-refractivity contribution >= 4 is 0 Å². The first-order chi connectivity index (χ1) is 7.11. The minimum atomic E-state index is 0.323. The minimum Gasteiger partial charge on any atom is -0.396 e. The first kappa shape index (κ1) is 13.0. The van der Waals surface area contributed by atoms with Gasteiger partial charge in [0.1, 0.15) is 0 Å². The minimum absolute atomic E-state index is 0.323. The molecule has 0 aromatic heterocycles. The third-order valence-electron chi connectivity index (χ3n) is 3.49. The van der Waals surface area contributed by atoms with Crippen LogP contribution in [0.3, 0.4) is 0 Å². The van der Waals surface area contributed by atoms with Gasteiger partial charge in [0.2, 0.25) is 0 Å². The van der Waals surface area contributed by atoms with Crippen LogP contribution in [0.5, 0.6) is 0 Å². The van der Waals surface area contributed by atoms with E-state index < -0.39 is 0 Å². The second-order valence-electron chi connectivity index (χ2n) is 5.55. The van der Waals surface area contributed by atoms with Gasteiger partial charge in [-0.15, -0.1) is 0 Å². The van der Waals surface area contributed by atoms with Gasteiger partial charge in [-0.05, 0) is 50.9 Å². The van der Waals surface area contributed by atoms with E-state index in [4.69, 9.17) is 5.11 Å². The van der Waals surface area contributed by atoms with Crippen LogP contribution in [0.1, 0.15) is 52.9 Å². The average molecular weight is 213 g/mol. The van der Waals surface area contributed by atoms with Gasteiger partial charge in [0.15, 0.2) is 0 Å². The Morgan fingerprint density at radius 2 is 1.80 bits per heavy atom. The van der Waals surface area contributed by atoms with Gasteiger partial charge >= 0.3 is 0 Å². The van der Waals surface area contributed by atoms with Gasteiger partial charge in [-0.2, -0.15) is 0 Å². The SMILES string of the molecule is CC1CC(C)CC(NC(C)CCCO)C1. The molecule has 1 aliphatic carbocycles. The van der Waals surface area contributed by atoms with Crippen LogP contribution in [0.4, 0.5) is 0 Å². The molecule has 0 amide bonds. The summed E-state index contributed by atoms with van der Waals surface area (Å²) in [5, 5.41) is 12.5. The third kappa shape index (κ3) is 4.98. The molecule has 1 aliphatic rings. The molecule has 1 fully saturated rings. The fourth-order valence-corrected chi connectivity index (χ4v) is 2.97. The zero-order valence-corrected chi connectivity index (χ0v) is 10.5. The van der Waals surface area contributed by atoms with Gasteiger partial charge < -0.3 is 10.4 Å². The van der Waals surface area contributed by atoms with E-state index in [1.165, 1.54) is 19.3 Å². The Balaban J connectivity index is 2.24. The lowest BCUT2D eigenvalue weighted by Crippen LogP contribution is -2.41. The Morgan fingerprint density at radius 1 is 1.20 bits per heavy atom. The van der Waals surface area contributed by atoms with Crippen molar-refractivity contribution in [3.05, 3.63) is 0 Å². The number of rotatable bonds is 5. The molecule has 0 spiro atoms. The number of nitrogens with one attached hydrogen (secondary N) is 1. The van der Waals surface area contributed by atoms with Crippen molar-refractivity contribution in [2.75, 3.05) is 6.61 Å². The van der Waals surface area contributed by atoms with Crippen molar-refractivity contribution in [2.45, 2.75) is 65.0 Å². The Labute approximate surface area is 94.5 Å². The zero-order valence-electron chi connectivity index (χ0n) is 10.5. The van der Waals surface area contributed by atoms with E-state index >= 15 is 0 Å². The summed E-state index contributed by atoms with van der Waals surface area (Å²) in [5.41, 5.74) is 0. The quantitative estimate of drug-likeness (QED) is 0.735. The molecule has 1 saturated carbocycles. The molecular weight excluding hydrogens is 186 g/mol. The normalized spacial score (nSPS) is 34.0. The number of hydrogen-bond donors (Lipinski definition) is 2. The van der Waals surface area contributed by atoms with Crippen LogP contribution in [0, 0.1) is 11.8 Å². The van der Waals surface area contributed by atoms with Crippen LogP contribution >= 0.6 is 0 Å². The summed E-state index contributed by atoms with van der Waals surface area (Å²) in [6.45, 7) is 7.29. The standard InChI is InChI=1S/C13H27NO/c1-10-7-11(2)9-13(8-10)14-12(3)5-4-6-15/h10-15H,4-9H2,1-3H3. The number of aliphatic hydroxyl groups is 1. The van der Waals surface area contributed by atoms with Gasteiger partial charge in [-0.25, -0.2) is 0 Å². The van der Waals surface area contributed by atoms with Crippen LogP contribution in [0.25, 0.3) is 0 Å². The first-order valence-corrected chi connectivity index (χ1v) is 6.48. The molecule has 0 aliphatic heterocycles. The predicted molar refractivity (Wildman–Crippen MR) is 64.9 cm³/mol. The molecule has 0 saturated heterocycles. The lowest BCUT2D eigenvalue weighted by Gasteiger charge is -2.34. The van der Waals surface area contributed by atoms with E-state index in [-0.39, 0.29) is 0 Å². The second-order valence-corrected chi connectivity index (χ2v) is 5.55. The van der Waals surface area contributed by atoms with E-state index in [1.807, 2.05) is 0 Å². The van der Waals surface area contributed by atoms with E-state index in [2.05, 4.69) is 26.1 Å². The molecular formula is C13H27NO. The molecule has 2 N–H and O–H groups in total. The molecule has 0 aromatic carbocycles. The molecule has 0 bridgehead atoms. The van der Waals surface area contributed by atoms with Crippen molar-refractivity contribution < 1.29 is 5.11 Å². The van der Waals surface area contributed by atoms with E-state index in [0.717, 1.165) is 24.7 Å². The van der Waals surface area contributed by atoms with Crippen LogP contribution < -0.4 is 5.32 Å². The van der Waals surface area contributed by atoms with Crippen LogP contribution in [-0.2, 0) is 0 Å². The van der Waals surface area contributed by atoms with Crippen molar-refractivity contribution in [3.63, 3.8) is 0 Å². The monoisotopic (exact) mass is 213 g/mol. The molecule has 3 atom stereocenters. The summed E-state index contributed by atoms with van der Waals surface area (Å²) in [6, 6.07) is 1.26. The lowest BCUT2D eigenvalue weighted by atomic mass is 9.80. The fourth-order valence-electron chi connectivity index (χ4n) is 2.97. The smallest absolute Gasteiger partial charge is 0.0431 e. The van der Waals surface area contributed by atoms with E-state index in [0.29, 0.717) is 18.7 Å². The Bertz CT molecular complexity index is 162. The Kier molecular flexibility index (Phi) is 5.62. The highest BCUT2D eigenvalue weighted by Crippen LogP contribution is 2.28. The van der Waals surface area contributed by atoms with Crippen molar-refractivity contribution in [3.8, 4) is 0 Å². The second kappa shape index (κ2) is 6.49. The molecule has 0 radical (unpaired) electrons. The maximum absolute atomic E-state index is 8.78. The molecule has 0 aromatic rings. The summed E-state index contributed by atoms with van der Waals surface area (Å²) < 4.78 is 0. The zero-order chi connectivity index (χ0) is 11.3. The fraction of sp³-hybridized carbons (Fsp3) is 1.00. The van der Waals surface area contributed by atoms with Gasteiger partial charge in [-0.1, -0.05) is 13.8 Å². The summed E-state index contributed by atoms with van der Waals surface area (Å²) >= 11 is 0. The van der Waals surface area contributed by atoms with Crippen LogP contribution in [0.15, 0.2) is 0 Å². The molecule has 0 heterocycles. The molecule has 3 unspecified atom stereocenters. The lowest BCUT2D eigenvalue weighted by molar-refractivity contribution is 0.219. The largest absolute Gasteiger partial charge is 0.396 e.